The van der Waals surface area contributed by atoms with Crippen LogP contribution in [0.2, 0.25) is 0 Å². The molecule has 1 aliphatic carbocycles. The molecule has 0 amide bonds. The molecule has 0 spiro atoms. The van der Waals surface area contributed by atoms with Gasteiger partial charge in [-0.25, -0.2) is 0 Å². The standard InChI is InChI=1S/C19H21NO/c1-20(2)18-10-8-16(9-11-18)19(21)13-14-6-7-15-4-3-5-17(15)12-14/h6-12H,3-5,13H2,1-2H3. The molecule has 21 heavy (non-hydrogen) atoms. The summed E-state index contributed by atoms with van der Waals surface area (Å²) in [5.41, 5.74) is 5.94. The lowest BCUT2D eigenvalue weighted by Gasteiger charge is -2.12. The Hall–Kier alpha value is -2.09. The molecule has 0 bridgehead atoms. The summed E-state index contributed by atoms with van der Waals surface area (Å²) < 4.78 is 0. The average molecular weight is 279 g/mol. The molecule has 0 N–H and O–H groups in total. The normalized spacial score (nSPS) is 13.0. The summed E-state index contributed by atoms with van der Waals surface area (Å²) in [7, 11) is 4.00. The van der Waals surface area contributed by atoms with Crippen LogP contribution in [-0.2, 0) is 19.3 Å². The molecule has 0 radical (unpaired) electrons. The van der Waals surface area contributed by atoms with Crippen molar-refractivity contribution in [3.8, 4) is 0 Å². The van der Waals surface area contributed by atoms with Crippen LogP contribution in [0.4, 0.5) is 5.69 Å². The number of benzene rings is 2. The van der Waals surface area contributed by atoms with E-state index in [9.17, 15) is 4.79 Å². The molecular weight excluding hydrogens is 258 g/mol. The van der Waals surface area contributed by atoms with Crippen molar-refractivity contribution in [3.63, 3.8) is 0 Å². The van der Waals surface area contributed by atoms with Crippen molar-refractivity contribution in [2.24, 2.45) is 0 Å². The minimum Gasteiger partial charge on any atom is -0.378 e. The lowest BCUT2D eigenvalue weighted by atomic mass is 9.99. The molecule has 2 heteroatoms. The van der Waals surface area contributed by atoms with Crippen molar-refractivity contribution in [2.45, 2.75) is 25.7 Å². The molecule has 0 unspecified atom stereocenters. The molecule has 0 saturated heterocycles. The van der Waals surface area contributed by atoms with Gasteiger partial charge in [0.05, 0.1) is 0 Å². The Labute approximate surface area is 126 Å². The van der Waals surface area contributed by atoms with Gasteiger partial charge in [-0.15, -0.1) is 0 Å². The van der Waals surface area contributed by atoms with Gasteiger partial charge in [0.25, 0.3) is 0 Å². The first-order valence-corrected chi connectivity index (χ1v) is 7.55. The quantitative estimate of drug-likeness (QED) is 0.796. The van der Waals surface area contributed by atoms with Gasteiger partial charge in [-0.2, -0.15) is 0 Å². The summed E-state index contributed by atoms with van der Waals surface area (Å²) in [6.45, 7) is 0. The van der Waals surface area contributed by atoms with Crippen molar-refractivity contribution in [3.05, 3.63) is 64.7 Å². The van der Waals surface area contributed by atoms with E-state index in [0.29, 0.717) is 6.42 Å². The lowest BCUT2D eigenvalue weighted by Crippen LogP contribution is -2.09. The van der Waals surface area contributed by atoms with Crippen molar-refractivity contribution in [1.82, 2.24) is 0 Å². The van der Waals surface area contributed by atoms with E-state index in [1.54, 1.807) is 0 Å². The van der Waals surface area contributed by atoms with Crippen LogP contribution >= 0.6 is 0 Å². The van der Waals surface area contributed by atoms with Crippen LogP contribution in [0, 0.1) is 0 Å². The first-order valence-electron chi connectivity index (χ1n) is 7.55. The summed E-state index contributed by atoms with van der Waals surface area (Å²) in [4.78, 5) is 14.4. The molecule has 0 saturated carbocycles. The van der Waals surface area contributed by atoms with E-state index in [4.69, 9.17) is 0 Å². The van der Waals surface area contributed by atoms with Crippen molar-refractivity contribution in [1.29, 1.82) is 0 Å². The number of carbonyl (C=O) groups excluding carboxylic acids is 1. The maximum Gasteiger partial charge on any atom is 0.167 e. The van der Waals surface area contributed by atoms with Gasteiger partial charge in [0, 0.05) is 31.8 Å². The number of fused-ring (bicyclic) bond motifs is 1. The van der Waals surface area contributed by atoms with E-state index in [0.717, 1.165) is 23.2 Å². The highest BCUT2D eigenvalue weighted by atomic mass is 16.1. The van der Waals surface area contributed by atoms with Gasteiger partial charge in [-0.05, 0) is 60.2 Å². The SMILES string of the molecule is CN(C)c1ccc(C(=O)Cc2ccc3c(c2)CCC3)cc1. The number of hydrogen-bond acceptors (Lipinski definition) is 2. The second-order valence-corrected chi connectivity index (χ2v) is 6.00. The van der Waals surface area contributed by atoms with E-state index < -0.39 is 0 Å². The number of anilines is 1. The number of carbonyl (C=O) groups is 1. The summed E-state index contributed by atoms with van der Waals surface area (Å²) in [6, 6.07) is 14.4. The smallest absolute Gasteiger partial charge is 0.167 e. The minimum atomic E-state index is 0.193. The number of hydrogen-bond donors (Lipinski definition) is 0. The van der Waals surface area contributed by atoms with Crippen LogP contribution in [-0.4, -0.2) is 19.9 Å². The van der Waals surface area contributed by atoms with E-state index in [1.807, 2.05) is 43.3 Å². The van der Waals surface area contributed by atoms with Gasteiger partial charge in [0.2, 0.25) is 0 Å². The Balaban J connectivity index is 1.74. The van der Waals surface area contributed by atoms with E-state index >= 15 is 0 Å². The molecule has 1 aliphatic rings. The predicted octanol–water partition coefficient (Wildman–Crippen LogP) is 3.67. The number of ketones is 1. The Kier molecular flexibility index (Phi) is 3.78. The second-order valence-electron chi connectivity index (χ2n) is 6.00. The number of Topliss-reactive ketones (excluding diaryl/α,β-unsaturated/α-hetero) is 1. The fraction of sp³-hybridized carbons (Fsp3) is 0.316. The number of nitrogens with zero attached hydrogens (tertiary/aromatic N) is 1. The number of aryl methyl sites for hydroxylation is 2. The zero-order chi connectivity index (χ0) is 14.8. The summed E-state index contributed by atoms with van der Waals surface area (Å²) in [6.07, 6.45) is 4.10. The Morgan fingerprint density at radius 2 is 1.71 bits per heavy atom. The summed E-state index contributed by atoms with van der Waals surface area (Å²) in [5.74, 6) is 0.193. The van der Waals surface area contributed by atoms with E-state index in [2.05, 4.69) is 18.2 Å². The molecule has 3 rings (SSSR count). The van der Waals surface area contributed by atoms with Crippen LogP contribution < -0.4 is 4.90 Å². The fourth-order valence-electron chi connectivity index (χ4n) is 2.97. The van der Waals surface area contributed by atoms with E-state index in [-0.39, 0.29) is 5.78 Å². The Bertz CT molecular complexity index is 656. The van der Waals surface area contributed by atoms with Crippen LogP contribution in [0.1, 0.15) is 33.5 Å². The largest absolute Gasteiger partial charge is 0.378 e. The maximum absolute atomic E-state index is 12.4. The lowest BCUT2D eigenvalue weighted by molar-refractivity contribution is 0.0993. The molecule has 0 atom stereocenters. The van der Waals surface area contributed by atoms with Crippen molar-refractivity contribution >= 4 is 11.5 Å². The van der Waals surface area contributed by atoms with Gasteiger partial charge in [-0.1, -0.05) is 18.2 Å². The Morgan fingerprint density at radius 3 is 2.43 bits per heavy atom. The second kappa shape index (κ2) is 5.72. The molecule has 2 aromatic carbocycles. The monoisotopic (exact) mass is 279 g/mol. The number of rotatable bonds is 4. The first-order chi connectivity index (χ1) is 10.1. The fourth-order valence-corrected chi connectivity index (χ4v) is 2.97. The minimum absolute atomic E-state index is 0.193. The van der Waals surface area contributed by atoms with Gasteiger partial charge < -0.3 is 4.90 Å². The van der Waals surface area contributed by atoms with Crippen molar-refractivity contribution < 1.29 is 4.79 Å². The molecule has 0 aliphatic heterocycles. The first kappa shape index (κ1) is 13.9. The molecule has 0 aromatic heterocycles. The van der Waals surface area contributed by atoms with Crippen molar-refractivity contribution in [2.75, 3.05) is 19.0 Å². The van der Waals surface area contributed by atoms with E-state index in [1.165, 1.54) is 24.0 Å². The third-order valence-corrected chi connectivity index (χ3v) is 4.23. The third-order valence-electron chi connectivity index (χ3n) is 4.23. The average Bonchev–Trinajstić information content (AvgIpc) is 2.95. The molecule has 2 nitrogen and oxygen atoms in total. The third kappa shape index (κ3) is 2.99. The summed E-state index contributed by atoms with van der Waals surface area (Å²) in [5, 5.41) is 0. The molecule has 0 fully saturated rings. The van der Waals surface area contributed by atoms with Crippen LogP contribution in [0.3, 0.4) is 0 Å². The molecule has 108 valence electrons. The highest BCUT2D eigenvalue weighted by Gasteiger charge is 2.13. The zero-order valence-corrected chi connectivity index (χ0v) is 12.7. The maximum atomic E-state index is 12.4. The topological polar surface area (TPSA) is 20.3 Å². The summed E-state index contributed by atoms with van der Waals surface area (Å²) >= 11 is 0. The van der Waals surface area contributed by atoms with Gasteiger partial charge in [0.15, 0.2) is 5.78 Å². The predicted molar refractivity (Wildman–Crippen MR) is 87.3 cm³/mol. The highest BCUT2D eigenvalue weighted by molar-refractivity contribution is 5.97. The highest BCUT2D eigenvalue weighted by Crippen LogP contribution is 2.23. The van der Waals surface area contributed by atoms with Crippen LogP contribution in [0.25, 0.3) is 0 Å². The zero-order valence-electron chi connectivity index (χ0n) is 12.7. The van der Waals surface area contributed by atoms with Crippen LogP contribution in [0.5, 0.6) is 0 Å². The van der Waals surface area contributed by atoms with Crippen LogP contribution in [0.15, 0.2) is 42.5 Å². The molecule has 2 aromatic rings. The van der Waals surface area contributed by atoms with Gasteiger partial charge in [-0.3, -0.25) is 4.79 Å². The molecule has 0 heterocycles. The molecular formula is C19H21NO. The Morgan fingerprint density at radius 1 is 1.00 bits per heavy atom. The van der Waals surface area contributed by atoms with Gasteiger partial charge in [0.1, 0.15) is 0 Å². The van der Waals surface area contributed by atoms with Gasteiger partial charge >= 0.3 is 0 Å².